The first kappa shape index (κ1) is 61.6. The van der Waals surface area contributed by atoms with Gasteiger partial charge in [0.25, 0.3) is 0 Å². The number of aliphatic hydroxyl groups is 2. The molecule has 0 heterocycles. The van der Waals surface area contributed by atoms with Crippen molar-refractivity contribution in [2.45, 2.75) is 140 Å². The summed E-state index contributed by atoms with van der Waals surface area (Å²) in [6.45, 7) is 0.186. The molecule has 1 aliphatic carbocycles. The molecular formula is C38H77NO22P4. The molecule has 1 fully saturated rings. The number of phosphoric acid groups is 4. The third-order valence-electron chi connectivity index (χ3n) is 8.37. The van der Waals surface area contributed by atoms with Crippen molar-refractivity contribution in [2.75, 3.05) is 13.2 Å². The Hall–Kier alpha value is -3.38. The summed E-state index contributed by atoms with van der Waals surface area (Å²) < 4.78 is 81.0. The number of carbonyl (C=O) groups is 2. The highest BCUT2D eigenvalue weighted by Gasteiger charge is 2.59. The van der Waals surface area contributed by atoms with E-state index in [0.29, 0.717) is 12.8 Å². The molecule has 386 valence electrons. The van der Waals surface area contributed by atoms with E-state index in [1.807, 2.05) is 5.92 Å². The number of terminal acetylenes is 1. The van der Waals surface area contributed by atoms with E-state index in [0.717, 1.165) is 32.1 Å². The average molecular weight is 1020 g/mol. The largest absolute Gasteiger partial charge is 0.472 e. The number of hydrogen-bond acceptors (Lipinski definition) is 16. The first-order chi connectivity index (χ1) is 30.0. The Morgan fingerprint density at radius 3 is 1.40 bits per heavy atom. The van der Waals surface area contributed by atoms with Crippen LogP contribution in [-0.4, -0.2) is 112 Å². The topological polar surface area (TPSA) is 384 Å². The van der Waals surface area contributed by atoms with Gasteiger partial charge in [-0.15, -0.1) is 6.42 Å². The molecule has 27 heteroatoms. The zero-order valence-corrected chi connectivity index (χ0v) is 38.8. The van der Waals surface area contributed by atoms with Gasteiger partial charge in [-0.05, 0) is 65.6 Å². The Labute approximate surface area is 393 Å². The molecule has 1 rings (SSSR count). The van der Waals surface area contributed by atoms with Crippen molar-refractivity contribution in [3.8, 4) is 71.5 Å². The normalized spacial score (nSPS) is 20.5. The summed E-state index contributed by atoms with van der Waals surface area (Å²) in [6.07, 6.45) is -0.0635. The summed E-state index contributed by atoms with van der Waals surface area (Å²) in [5.41, 5.74) is 0. The van der Waals surface area contributed by atoms with Crippen LogP contribution in [0.15, 0.2) is 0 Å². The fraction of sp³-hybridized carbons (Fsp3) is 0.632. The first-order valence-electron chi connectivity index (χ1n) is 19.5. The lowest BCUT2D eigenvalue weighted by Gasteiger charge is -2.45. The number of unbranched alkanes of at least 4 members (excludes halogenated alkanes) is 12. The van der Waals surface area contributed by atoms with E-state index in [4.69, 9.17) is 24.9 Å². The SMILES string of the molecule is C#CC#CC#CC#CC#CC#CC(=O)OC[C@H](COP(=O)(O)OC1C(O)[C@H](OP(=O)(O)O)C(OP(=O)(O)O)C(OP(=O)(O)O)[C@@H]1O)OC(=O)CCCCCCCCCCCCCCC.N.[HH].[HH].[HH].[HH].[HH].[HH].[HH].[HH].[HH].[HH].[HH]. The van der Waals surface area contributed by atoms with E-state index in [9.17, 15) is 72.3 Å². The number of carbonyl (C=O) groups excluding carboxylic acids is 2. The van der Waals surface area contributed by atoms with Crippen molar-refractivity contribution >= 4 is 43.2 Å². The van der Waals surface area contributed by atoms with Crippen LogP contribution in [0.25, 0.3) is 0 Å². The fourth-order valence-corrected chi connectivity index (χ4v) is 8.32. The maximum absolute atomic E-state index is 13.1. The second kappa shape index (κ2) is 32.3. The minimum absolute atomic E-state index is 0. The van der Waals surface area contributed by atoms with Crippen LogP contribution in [0.3, 0.4) is 0 Å². The van der Waals surface area contributed by atoms with Gasteiger partial charge in [0.05, 0.1) is 6.61 Å². The lowest BCUT2D eigenvalue weighted by molar-refractivity contribution is -0.209. The van der Waals surface area contributed by atoms with Crippen LogP contribution in [0, 0.1) is 71.5 Å². The fourth-order valence-electron chi connectivity index (χ4n) is 5.67. The van der Waals surface area contributed by atoms with E-state index in [1.54, 1.807) is 0 Å². The highest BCUT2D eigenvalue weighted by atomic mass is 31.2. The van der Waals surface area contributed by atoms with Gasteiger partial charge >= 0.3 is 43.2 Å². The van der Waals surface area contributed by atoms with Gasteiger partial charge in [0, 0.05) is 28.0 Å². The molecule has 0 aromatic heterocycles. The Kier molecular flexibility index (Phi) is 30.7. The van der Waals surface area contributed by atoms with Gasteiger partial charge < -0.3 is 60.1 Å². The minimum Gasteiger partial charge on any atom is -0.456 e. The standard InChI is InChI=1S/C38H52O22P4.H3N.11H2/c1-3-5-7-9-11-13-15-16-17-19-21-23-25-27-32(40)56-30(28-54-31(39)26-24-22-20-18-14-12-10-8-6-4-2)29-55-64(52,53)60-35-33(41)36(57-61(43,44)45)38(59-63(49,50)51)37(34(35)42)58-62(46,47)48;;;;;;;;;;;;/h2,30,33-38,41-42H,3,5,7,9,11,13,15-17,19,21,23,25,27-29H2,1H3,(H,52,53)(H2,43,44,45)(H2,46,47,48)(H2,49,50,51);1H3;11*1H/t30-,33-,34?,35?,36?,37+,38?;;;;;;;;;;;;/m1............/s1. The third-order valence-corrected chi connectivity index (χ3v) is 10.9. The molecule has 23 nitrogen and oxygen atoms in total. The summed E-state index contributed by atoms with van der Waals surface area (Å²) >= 11 is 0. The van der Waals surface area contributed by atoms with Crippen molar-refractivity contribution in [1.82, 2.24) is 6.15 Å². The van der Waals surface area contributed by atoms with Crippen LogP contribution < -0.4 is 6.15 Å². The highest BCUT2D eigenvalue weighted by molar-refractivity contribution is 7.47. The third kappa shape index (κ3) is 30.5. The zero-order chi connectivity index (χ0) is 48.2. The predicted molar refractivity (Wildman–Crippen MR) is 251 cm³/mol. The molecular weight excluding hydrogens is 946 g/mol. The molecule has 0 bridgehead atoms. The predicted octanol–water partition coefficient (Wildman–Crippen LogP) is 5.11. The van der Waals surface area contributed by atoms with Gasteiger partial charge in [0.2, 0.25) is 0 Å². The van der Waals surface area contributed by atoms with Gasteiger partial charge in [-0.2, -0.15) is 0 Å². The van der Waals surface area contributed by atoms with Gasteiger partial charge in [-0.3, -0.25) is 27.4 Å². The van der Waals surface area contributed by atoms with Crippen molar-refractivity contribution in [1.29, 1.82) is 0 Å². The number of rotatable bonds is 28. The molecule has 0 spiro atoms. The minimum atomic E-state index is -5.82. The molecule has 12 N–H and O–H groups in total. The molecule has 0 radical (unpaired) electrons. The molecule has 65 heavy (non-hydrogen) atoms. The van der Waals surface area contributed by atoms with E-state index in [-0.39, 0.29) is 28.3 Å². The van der Waals surface area contributed by atoms with Crippen LogP contribution in [-0.2, 0) is 59.9 Å². The van der Waals surface area contributed by atoms with E-state index < -0.39 is 99.2 Å². The summed E-state index contributed by atoms with van der Waals surface area (Å²) in [5, 5.41) is 21.7. The van der Waals surface area contributed by atoms with Crippen LogP contribution in [0.1, 0.15) is 113 Å². The Morgan fingerprint density at radius 1 is 0.569 bits per heavy atom. The maximum Gasteiger partial charge on any atom is 0.472 e. The molecule has 0 aliphatic heterocycles. The molecule has 0 saturated heterocycles. The summed E-state index contributed by atoms with van der Waals surface area (Å²) in [5.74, 6) is 22.5. The number of hydrogen-bond donors (Lipinski definition) is 10. The molecule has 1 aliphatic rings. The second-order valence-electron chi connectivity index (χ2n) is 13.6. The summed E-state index contributed by atoms with van der Waals surface area (Å²) in [4.78, 5) is 91.8. The Morgan fingerprint density at radius 2 is 0.969 bits per heavy atom. The van der Waals surface area contributed by atoms with Gasteiger partial charge in [-0.1, -0.05) is 84.0 Å². The zero-order valence-electron chi connectivity index (χ0n) is 35.3. The van der Waals surface area contributed by atoms with Crippen molar-refractivity contribution in [2.24, 2.45) is 0 Å². The van der Waals surface area contributed by atoms with Crippen LogP contribution >= 0.6 is 31.3 Å². The Balaban J connectivity index is -0.000000341. The van der Waals surface area contributed by atoms with Crippen molar-refractivity contribution in [3.05, 3.63) is 0 Å². The maximum atomic E-state index is 13.1. The summed E-state index contributed by atoms with van der Waals surface area (Å²) in [6, 6.07) is 0. The Bertz CT molecular complexity index is 2080. The molecule has 0 aromatic carbocycles. The lowest BCUT2D eigenvalue weighted by Crippen LogP contribution is -2.65. The van der Waals surface area contributed by atoms with Crippen LogP contribution in [0.5, 0.6) is 0 Å². The smallest absolute Gasteiger partial charge is 0.456 e. The quantitative estimate of drug-likeness (QED) is 0.0160. The van der Waals surface area contributed by atoms with Gasteiger partial charge in [-0.25, -0.2) is 23.1 Å². The number of esters is 2. The molecule has 5 unspecified atom stereocenters. The molecule has 0 aromatic rings. The number of aliphatic hydroxyl groups excluding tert-OH is 2. The van der Waals surface area contributed by atoms with E-state index in [2.05, 4.69) is 79.7 Å². The van der Waals surface area contributed by atoms with E-state index in [1.165, 1.54) is 38.5 Å². The molecule has 8 atom stereocenters. The number of ether oxygens (including phenoxy) is 2. The monoisotopic (exact) mass is 1020 g/mol. The van der Waals surface area contributed by atoms with Crippen LogP contribution in [0.4, 0.5) is 0 Å². The average Bonchev–Trinajstić information content (AvgIpc) is 3.18. The van der Waals surface area contributed by atoms with Gasteiger partial charge in [0.15, 0.2) is 6.10 Å². The second-order valence-corrected chi connectivity index (χ2v) is 18.6. The van der Waals surface area contributed by atoms with Gasteiger partial charge in [0.1, 0.15) is 43.2 Å². The summed E-state index contributed by atoms with van der Waals surface area (Å²) in [7, 11) is -23.2. The first-order valence-corrected chi connectivity index (χ1v) is 25.6. The van der Waals surface area contributed by atoms with Crippen molar-refractivity contribution in [3.63, 3.8) is 0 Å². The van der Waals surface area contributed by atoms with E-state index >= 15 is 0 Å². The molecule has 0 amide bonds. The van der Waals surface area contributed by atoms with Crippen molar-refractivity contribution < 1.29 is 120 Å². The highest BCUT2D eigenvalue weighted by Crippen LogP contribution is 2.53. The lowest BCUT2D eigenvalue weighted by atomic mass is 9.85. The van der Waals surface area contributed by atoms with Crippen LogP contribution in [0.2, 0.25) is 0 Å². The molecule has 1 saturated carbocycles. The number of phosphoric ester groups is 4.